The van der Waals surface area contributed by atoms with E-state index in [1.807, 2.05) is 13.8 Å². The molecule has 0 unspecified atom stereocenters. The van der Waals surface area contributed by atoms with Gasteiger partial charge in [0.05, 0.1) is 4.47 Å². The number of hydrogen-bond donors (Lipinski definition) is 0. The van der Waals surface area contributed by atoms with Gasteiger partial charge >= 0.3 is 0 Å². The van der Waals surface area contributed by atoms with Crippen LogP contribution in [0.1, 0.15) is 31.5 Å². The van der Waals surface area contributed by atoms with Crippen LogP contribution in [0.25, 0.3) is 0 Å². The molecule has 0 bridgehead atoms. The van der Waals surface area contributed by atoms with Gasteiger partial charge in [0.1, 0.15) is 11.6 Å². The van der Waals surface area contributed by atoms with E-state index >= 15 is 0 Å². The van der Waals surface area contributed by atoms with E-state index in [1.165, 1.54) is 12.1 Å². The van der Waals surface area contributed by atoms with E-state index in [0.717, 1.165) is 0 Å². The van der Waals surface area contributed by atoms with Gasteiger partial charge < -0.3 is 9.26 Å². The van der Waals surface area contributed by atoms with Crippen molar-refractivity contribution in [1.82, 2.24) is 10.1 Å². The van der Waals surface area contributed by atoms with E-state index in [1.54, 1.807) is 6.07 Å². The van der Waals surface area contributed by atoms with Crippen molar-refractivity contribution in [3.05, 3.63) is 40.2 Å². The summed E-state index contributed by atoms with van der Waals surface area (Å²) in [4.78, 5) is 4.18. The molecule has 1 heterocycles. The summed E-state index contributed by atoms with van der Waals surface area (Å²) in [6, 6.07) is 4.20. The Labute approximate surface area is 112 Å². The predicted molar refractivity (Wildman–Crippen MR) is 66.8 cm³/mol. The number of benzene rings is 1. The molecule has 0 aliphatic rings. The Kier molecular flexibility index (Phi) is 3.96. The maximum Gasteiger partial charge on any atom is 0.264 e. The molecule has 0 aliphatic heterocycles. The topological polar surface area (TPSA) is 48.2 Å². The van der Waals surface area contributed by atoms with Crippen LogP contribution in [0, 0.1) is 5.82 Å². The van der Waals surface area contributed by atoms with Crippen molar-refractivity contribution in [3.63, 3.8) is 0 Å². The van der Waals surface area contributed by atoms with E-state index in [9.17, 15) is 4.39 Å². The van der Waals surface area contributed by atoms with Gasteiger partial charge in [0.15, 0.2) is 12.4 Å². The molecule has 0 aliphatic carbocycles. The van der Waals surface area contributed by atoms with Crippen LogP contribution in [0.3, 0.4) is 0 Å². The van der Waals surface area contributed by atoms with Gasteiger partial charge in [-0.2, -0.15) is 4.98 Å². The fourth-order valence-electron chi connectivity index (χ4n) is 1.29. The van der Waals surface area contributed by atoms with Crippen molar-refractivity contribution in [2.45, 2.75) is 26.4 Å². The molecule has 0 amide bonds. The third-order valence-electron chi connectivity index (χ3n) is 2.25. The first kappa shape index (κ1) is 13.0. The summed E-state index contributed by atoms with van der Waals surface area (Å²) in [6.45, 7) is 4.11. The maximum absolute atomic E-state index is 12.9. The minimum absolute atomic E-state index is 0.157. The summed E-state index contributed by atoms with van der Waals surface area (Å²) in [5, 5.41) is 3.83. The fourth-order valence-corrected chi connectivity index (χ4v) is 1.76. The van der Waals surface area contributed by atoms with Gasteiger partial charge in [-0.3, -0.25) is 0 Å². The lowest BCUT2D eigenvalue weighted by atomic mass is 10.2. The number of halogens is 2. The van der Waals surface area contributed by atoms with Crippen LogP contribution in [-0.2, 0) is 6.61 Å². The van der Waals surface area contributed by atoms with Crippen LogP contribution in [0.15, 0.2) is 27.2 Å². The predicted octanol–water partition coefficient (Wildman–Crippen LogP) is 3.67. The van der Waals surface area contributed by atoms with Crippen molar-refractivity contribution in [2.75, 3.05) is 0 Å². The highest BCUT2D eigenvalue weighted by atomic mass is 79.9. The van der Waals surface area contributed by atoms with E-state index in [0.29, 0.717) is 21.9 Å². The number of aromatic nitrogens is 2. The van der Waals surface area contributed by atoms with Crippen molar-refractivity contribution >= 4 is 15.9 Å². The van der Waals surface area contributed by atoms with Gasteiger partial charge in [-0.1, -0.05) is 19.0 Å². The van der Waals surface area contributed by atoms with Gasteiger partial charge in [-0.15, -0.1) is 0 Å². The van der Waals surface area contributed by atoms with Crippen LogP contribution in [-0.4, -0.2) is 10.1 Å². The second-order valence-electron chi connectivity index (χ2n) is 4.06. The summed E-state index contributed by atoms with van der Waals surface area (Å²) < 4.78 is 23.9. The molecule has 4 nitrogen and oxygen atoms in total. The van der Waals surface area contributed by atoms with E-state index in [-0.39, 0.29) is 18.3 Å². The fraction of sp³-hybridized carbons (Fsp3) is 0.333. The molecule has 0 atom stereocenters. The van der Waals surface area contributed by atoms with Crippen LogP contribution < -0.4 is 4.74 Å². The van der Waals surface area contributed by atoms with Gasteiger partial charge in [-0.05, 0) is 34.1 Å². The lowest BCUT2D eigenvalue weighted by Crippen LogP contribution is -1.97. The molecule has 1 aromatic heterocycles. The molecule has 6 heteroatoms. The van der Waals surface area contributed by atoms with Crippen LogP contribution in [0.4, 0.5) is 4.39 Å². The van der Waals surface area contributed by atoms with Crippen LogP contribution >= 0.6 is 15.9 Å². The summed E-state index contributed by atoms with van der Waals surface area (Å²) >= 11 is 3.22. The first-order valence-corrected chi connectivity index (χ1v) is 6.26. The summed E-state index contributed by atoms with van der Waals surface area (Å²) in [7, 11) is 0. The second kappa shape index (κ2) is 5.48. The Balaban J connectivity index is 2.02. The normalized spacial score (nSPS) is 10.9. The van der Waals surface area contributed by atoms with Gasteiger partial charge in [0.2, 0.25) is 0 Å². The zero-order valence-electron chi connectivity index (χ0n) is 9.98. The third kappa shape index (κ3) is 3.07. The van der Waals surface area contributed by atoms with Gasteiger partial charge in [-0.25, -0.2) is 4.39 Å². The van der Waals surface area contributed by atoms with E-state index in [4.69, 9.17) is 9.26 Å². The largest absolute Gasteiger partial charge is 0.483 e. The molecule has 2 rings (SSSR count). The molecule has 0 fully saturated rings. The third-order valence-corrected chi connectivity index (χ3v) is 2.86. The van der Waals surface area contributed by atoms with Crippen LogP contribution in [0.5, 0.6) is 5.75 Å². The highest BCUT2D eigenvalue weighted by Crippen LogP contribution is 2.26. The minimum atomic E-state index is -0.325. The number of hydrogen-bond acceptors (Lipinski definition) is 4. The van der Waals surface area contributed by atoms with Crippen molar-refractivity contribution in [3.8, 4) is 5.75 Å². The zero-order chi connectivity index (χ0) is 13.1. The standard InChI is InChI=1S/C12H12BrFN2O2/c1-7(2)12-15-11(18-16-12)6-17-10-4-3-8(14)5-9(10)13/h3-5,7H,6H2,1-2H3. The van der Waals surface area contributed by atoms with Crippen molar-refractivity contribution in [1.29, 1.82) is 0 Å². The quantitative estimate of drug-likeness (QED) is 0.863. The minimum Gasteiger partial charge on any atom is -0.483 e. The molecule has 0 saturated carbocycles. The van der Waals surface area contributed by atoms with E-state index < -0.39 is 0 Å². The maximum atomic E-state index is 12.9. The average Bonchev–Trinajstić information content (AvgIpc) is 2.76. The van der Waals surface area contributed by atoms with Crippen molar-refractivity contribution < 1.29 is 13.7 Å². The molecule has 18 heavy (non-hydrogen) atoms. The number of rotatable bonds is 4. The molecule has 0 spiro atoms. The zero-order valence-corrected chi connectivity index (χ0v) is 11.6. The molecule has 0 radical (unpaired) electrons. The first-order chi connectivity index (χ1) is 8.56. The summed E-state index contributed by atoms with van der Waals surface area (Å²) in [5.74, 6) is 1.46. The summed E-state index contributed by atoms with van der Waals surface area (Å²) in [5.41, 5.74) is 0. The second-order valence-corrected chi connectivity index (χ2v) is 4.92. The van der Waals surface area contributed by atoms with E-state index in [2.05, 4.69) is 26.1 Å². The molecule has 1 aromatic carbocycles. The monoisotopic (exact) mass is 314 g/mol. The molecule has 0 saturated heterocycles. The Morgan fingerprint density at radius 1 is 1.44 bits per heavy atom. The highest BCUT2D eigenvalue weighted by Gasteiger charge is 2.11. The highest BCUT2D eigenvalue weighted by molar-refractivity contribution is 9.10. The smallest absolute Gasteiger partial charge is 0.264 e. The van der Waals surface area contributed by atoms with Gasteiger partial charge in [0.25, 0.3) is 5.89 Å². The van der Waals surface area contributed by atoms with Crippen LogP contribution in [0.2, 0.25) is 0 Å². The lowest BCUT2D eigenvalue weighted by molar-refractivity contribution is 0.241. The SMILES string of the molecule is CC(C)c1noc(COc2ccc(F)cc2Br)n1. The number of nitrogens with zero attached hydrogens (tertiary/aromatic N) is 2. The van der Waals surface area contributed by atoms with Gasteiger partial charge in [0, 0.05) is 5.92 Å². The Morgan fingerprint density at radius 3 is 2.83 bits per heavy atom. The molecule has 2 aromatic rings. The molecular weight excluding hydrogens is 303 g/mol. The number of ether oxygens (including phenoxy) is 1. The van der Waals surface area contributed by atoms with Crippen molar-refractivity contribution in [2.24, 2.45) is 0 Å². The Bertz CT molecular complexity index is 543. The Morgan fingerprint density at radius 2 is 2.22 bits per heavy atom. The molecule has 96 valence electrons. The summed E-state index contributed by atoms with van der Waals surface area (Å²) in [6.07, 6.45) is 0. The lowest BCUT2D eigenvalue weighted by Gasteiger charge is -2.05. The average molecular weight is 315 g/mol. The first-order valence-electron chi connectivity index (χ1n) is 5.46. The Hall–Kier alpha value is -1.43. The molecule has 0 N–H and O–H groups in total. The molecular formula is C12H12BrFN2O2.